The molecule has 1 aliphatic rings. The Morgan fingerprint density at radius 3 is 2.67 bits per heavy atom. The van der Waals surface area contributed by atoms with Gasteiger partial charge in [-0.1, -0.05) is 13.3 Å². The van der Waals surface area contributed by atoms with Crippen LogP contribution in [0.5, 0.6) is 0 Å². The lowest BCUT2D eigenvalue weighted by molar-refractivity contribution is -0.137. The Kier molecular flexibility index (Phi) is 7.00. The lowest BCUT2D eigenvalue weighted by Crippen LogP contribution is -2.32. The van der Waals surface area contributed by atoms with Crippen molar-refractivity contribution in [3.63, 3.8) is 0 Å². The molecule has 18 heavy (non-hydrogen) atoms. The Bertz CT molecular complexity index is 221. The van der Waals surface area contributed by atoms with Crippen molar-refractivity contribution in [2.24, 2.45) is 5.92 Å². The third-order valence-corrected chi connectivity index (χ3v) is 3.51. The molecule has 1 aliphatic carbocycles. The molecule has 0 aromatic heterocycles. The van der Waals surface area contributed by atoms with Gasteiger partial charge in [-0.05, 0) is 38.1 Å². The molecular weight excluding hydrogens is 243 g/mol. The zero-order valence-electron chi connectivity index (χ0n) is 11.1. The summed E-state index contributed by atoms with van der Waals surface area (Å²) in [6.07, 6.45) is -0.0809. The maximum absolute atomic E-state index is 11.9. The van der Waals surface area contributed by atoms with E-state index in [-0.39, 0.29) is 13.0 Å². The minimum absolute atomic E-state index is 0.0742. The van der Waals surface area contributed by atoms with Gasteiger partial charge in [0.05, 0.1) is 0 Å². The van der Waals surface area contributed by atoms with Gasteiger partial charge in [0.25, 0.3) is 0 Å². The summed E-state index contributed by atoms with van der Waals surface area (Å²) in [6.45, 7) is 3.89. The zero-order valence-corrected chi connectivity index (χ0v) is 11.1. The molecule has 2 atom stereocenters. The van der Waals surface area contributed by atoms with Gasteiger partial charge in [0, 0.05) is 25.7 Å². The average molecular weight is 267 g/mol. The summed E-state index contributed by atoms with van der Waals surface area (Å²) in [4.78, 5) is 0. The molecule has 2 unspecified atom stereocenters. The molecule has 0 aromatic rings. The van der Waals surface area contributed by atoms with Crippen molar-refractivity contribution in [3.8, 4) is 0 Å². The van der Waals surface area contributed by atoms with Crippen LogP contribution in [0.3, 0.4) is 0 Å². The SMILES string of the molecule is CCNC1CCCC1CCOCCCC(F)(F)F. The summed E-state index contributed by atoms with van der Waals surface area (Å²) in [7, 11) is 0. The Hall–Kier alpha value is -0.290. The average Bonchev–Trinajstić information content (AvgIpc) is 2.70. The molecule has 0 aromatic carbocycles. The van der Waals surface area contributed by atoms with E-state index >= 15 is 0 Å². The lowest BCUT2D eigenvalue weighted by atomic mass is 10.00. The first-order chi connectivity index (χ1) is 8.53. The monoisotopic (exact) mass is 267 g/mol. The fourth-order valence-electron chi connectivity index (χ4n) is 2.62. The summed E-state index contributed by atoms with van der Waals surface area (Å²) >= 11 is 0. The smallest absolute Gasteiger partial charge is 0.381 e. The van der Waals surface area contributed by atoms with Gasteiger partial charge in [-0.25, -0.2) is 0 Å². The minimum atomic E-state index is -4.05. The topological polar surface area (TPSA) is 21.3 Å². The van der Waals surface area contributed by atoms with Crippen LogP contribution in [-0.4, -0.2) is 32.0 Å². The summed E-state index contributed by atoms with van der Waals surface area (Å²) in [5.74, 6) is 0.632. The maximum Gasteiger partial charge on any atom is 0.389 e. The highest BCUT2D eigenvalue weighted by atomic mass is 19.4. The minimum Gasteiger partial charge on any atom is -0.381 e. The van der Waals surface area contributed by atoms with Crippen LogP contribution in [0.2, 0.25) is 0 Å². The zero-order chi connectivity index (χ0) is 13.4. The van der Waals surface area contributed by atoms with Crippen molar-refractivity contribution < 1.29 is 17.9 Å². The van der Waals surface area contributed by atoms with E-state index in [9.17, 15) is 13.2 Å². The molecular formula is C13H24F3NO. The second-order valence-corrected chi connectivity index (χ2v) is 4.97. The second-order valence-electron chi connectivity index (χ2n) is 4.97. The van der Waals surface area contributed by atoms with Gasteiger partial charge in [-0.2, -0.15) is 13.2 Å². The number of rotatable bonds is 8. The van der Waals surface area contributed by atoms with Gasteiger partial charge in [0.15, 0.2) is 0 Å². The molecule has 0 bridgehead atoms. The third kappa shape index (κ3) is 6.59. The van der Waals surface area contributed by atoms with Crippen molar-refractivity contribution in [2.75, 3.05) is 19.8 Å². The van der Waals surface area contributed by atoms with E-state index in [4.69, 9.17) is 4.74 Å². The number of nitrogens with one attached hydrogen (secondary N) is 1. The molecule has 0 heterocycles. The van der Waals surface area contributed by atoms with Gasteiger partial charge in [-0.3, -0.25) is 0 Å². The van der Waals surface area contributed by atoms with E-state index in [1.807, 2.05) is 0 Å². The van der Waals surface area contributed by atoms with E-state index in [1.54, 1.807) is 0 Å². The van der Waals surface area contributed by atoms with Gasteiger partial charge < -0.3 is 10.1 Å². The number of hydrogen-bond acceptors (Lipinski definition) is 2. The number of alkyl halides is 3. The first kappa shape index (κ1) is 15.8. The highest BCUT2D eigenvalue weighted by molar-refractivity contribution is 4.82. The van der Waals surface area contributed by atoms with Crippen LogP contribution in [0.1, 0.15) is 45.4 Å². The Morgan fingerprint density at radius 2 is 2.00 bits per heavy atom. The van der Waals surface area contributed by atoms with Gasteiger partial charge in [0.1, 0.15) is 0 Å². The summed E-state index contributed by atoms with van der Waals surface area (Å²) in [5, 5.41) is 3.46. The largest absolute Gasteiger partial charge is 0.389 e. The predicted octanol–water partition coefficient (Wildman–Crippen LogP) is 3.51. The molecule has 1 saturated carbocycles. The quantitative estimate of drug-likeness (QED) is 0.679. The molecule has 0 amide bonds. The van der Waals surface area contributed by atoms with Crippen LogP contribution >= 0.6 is 0 Å². The Labute approximate surface area is 107 Å². The fraction of sp³-hybridized carbons (Fsp3) is 1.00. The summed E-state index contributed by atoms with van der Waals surface area (Å²) < 4.78 is 40.9. The molecule has 0 radical (unpaired) electrons. The van der Waals surface area contributed by atoms with Crippen LogP contribution in [0.25, 0.3) is 0 Å². The summed E-state index contributed by atoms with van der Waals surface area (Å²) in [5.41, 5.74) is 0. The fourth-order valence-corrected chi connectivity index (χ4v) is 2.62. The molecule has 1 N–H and O–H groups in total. The first-order valence-electron chi connectivity index (χ1n) is 6.91. The molecule has 5 heteroatoms. The van der Waals surface area contributed by atoms with Crippen LogP contribution in [0.4, 0.5) is 13.2 Å². The van der Waals surface area contributed by atoms with Gasteiger partial charge in [-0.15, -0.1) is 0 Å². The highest BCUT2D eigenvalue weighted by Crippen LogP contribution is 2.28. The van der Waals surface area contributed by atoms with Gasteiger partial charge >= 0.3 is 6.18 Å². The molecule has 1 fully saturated rings. The van der Waals surface area contributed by atoms with Crippen molar-refractivity contribution in [2.45, 2.75) is 57.7 Å². The molecule has 1 rings (SSSR count). The summed E-state index contributed by atoms with van der Waals surface area (Å²) in [6, 6.07) is 0.578. The van der Waals surface area contributed by atoms with Crippen molar-refractivity contribution in [1.29, 1.82) is 0 Å². The Morgan fingerprint density at radius 1 is 1.22 bits per heavy atom. The number of hydrogen-bond donors (Lipinski definition) is 1. The Balaban J connectivity index is 2.00. The van der Waals surface area contributed by atoms with E-state index in [1.165, 1.54) is 19.3 Å². The van der Waals surface area contributed by atoms with Crippen molar-refractivity contribution in [1.82, 2.24) is 5.32 Å². The molecule has 0 spiro atoms. The predicted molar refractivity (Wildman–Crippen MR) is 65.5 cm³/mol. The normalized spacial score (nSPS) is 24.7. The molecule has 2 nitrogen and oxygen atoms in total. The maximum atomic E-state index is 11.9. The molecule has 0 aliphatic heterocycles. The van der Waals surface area contributed by atoms with Crippen LogP contribution in [-0.2, 0) is 4.74 Å². The number of halogens is 3. The number of ether oxygens (including phenoxy) is 1. The standard InChI is InChI=1S/C13H24F3NO/c1-2-17-12-6-3-5-11(12)7-10-18-9-4-8-13(14,15)16/h11-12,17H,2-10H2,1H3. The van der Waals surface area contributed by atoms with Crippen molar-refractivity contribution in [3.05, 3.63) is 0 Å². The van der Waals surface area contributed by atoms with E-state index in [0.29, 0.717) is 18.6 Å². The van der Waals surface area contributed by atoms with E-state index in [0.717, 1.165) is 13.0 Å². The highest BCUT2D eigenvalue weighted by Gasteiger charge is 2.27. The second kappa shape index (κ2) is 8.00. The van der Waals surface area contributed by atoms with Gasteiger partial charge in [0.2, 0.25) is 0 Å². The van der Waals surface area contributed by atoms with E-state index in [2.05, 4.69) is 12.2 Å². The van der Waals surface area contributed by atoms with E-state index < -0.39 is 12.6 Å². The van der Waals surface area contributed by atoms with Crippen LogP contribution < -0.4 is 5.32 Å². The molecule has 0 saturated heterocycles. The van der Waals surface area contributed by atoms with Crippen LogP contribution in [0, 0.1) is 5.92 Å². The van der Waals surface area contributed by atoms with Crippen LogP contribution in [0.15, 0.2) is 0 Å². The first-order valence-corrected chi connectivity index (χ1v) is 6.91. The van der Waals surface area contributed by atoms with Crippen molar-refractivity contribution >= 4 is 0 Å². The molecule has 108 valence electrons. The lowest BCUT2D eigenvalue weighted by Gasteiger charge is -2.20. The third-order valence-electron chi connectivity index (χ3n) is 3.51.